The molecule has 8 heteroatoms. The molecule has 0 spiro atoms. The first-order valence-corrected chi connectivity index (χ1v) is 9.90. The van der Waals surface area contributed by atoms with E-state index < -0.39 is 23.9 Å². The smallest absolute Gasteiger partial charge is 0.303 e. The second-order valence-electron chi connectivity index (χ2n) is 8.19. The minimum atomic E-state index is -1.48. The van der Waals surface area contributed by atoms with E-state index in [1.165, 1.54) is 24.1 Å². The number of aliphatic carboxylic acids is 2. The number of piperidine rings is 1. The average molecular weight is 406 g/mol. The summed E-state index contributed by atoms with van der Waals surface area (Å²) in [5, 5.41) is 32.7. The Morgan fingerprint density at radius 2 is 2.07 bits per heavy atom. The topological polar surface area (TPSA) is 143 Å². The maximum Gasteiger partial charge on any atom is 0.303 e. The number of carboxylic acid groups (broad SMARTS) is 2. The summed E-state index contributed by atoms with van der Waals surface area (Å²) in [7, 11) is 0. The molecular weight excluding hydrogens is 376 g/mol. The molecule has 0 aromatic heterocycles. The van der Waals surface area contributed by atoms with E-state index in [1.54, 1.807) is 0 Å². The predicted octanol–water partition coefficient (Wildman–Crippen LogP) is -0.716. The Kier molecular flexibility index (Phi) is 7.24. The van der Waals surface area contributed by atoms with Crippen LogP contribution in [-0.2, 0) is 26.2 Å². The summed E-state index contributed by atoms with van der Waals surface area (Å²) in [6.07, 6.45) is 1.87. The number of rotatable bonds is 5. The second kappa shape index (κ2) is 9.26. The molecule has 5 N–H and O–H groups in total. The van der Waals surface area contributed by atoms with E-state index in [0.717, 1.165) is 19.3 Å². The Hall–Kier alpha value is -2.61. The monoisotopic (exact) mass is 406 g/mol. The fourth-order valence-electron chi connectivity index (χ4n) is 4.46. The summed E-state index contributed by atoms with van der Waals surface area (Å²) in [6, 6.07) is 5.42. The van der Waals surface area contributed by atoms with Crippen LogP contribution >= 0.6 is 0 Å². The number of phenolic OH excluding ortho intramolecular Hbond substituents is 1. The van der Waals surface area contributed by atoms with Gasteiger partial charge in [-0.15, -0.1) is 0 Å². The van der Waals surface area contributed by atoms with E-state index in [2.05, 4.69) is 30.5 Å². The molecule has 0 unspecified atom stereocenters. The summed E-state index contributed by atoms with van der Waals surface area (Å²) in [5.41, 5.74) is 3.16. The first-order valence-electron chi connectivity index (χ1n) is 9.90. The zero-order chi connectivity index (χ0) is 21.8. The number of nitrogens with two attached hydrogens (primary N) is 1. The number of quaternary nitrogens is 1. The quantitative estimate of drug-likeness (QED) is 0.508. The van der Waals surface area contributed by atoms with Crippen LogP contribution in [0.2, 0.25) is 0 Å². The summed E-state index contributed by atoms with van der Waals surface area (Å²) >= 11 is 0. The molecule has 0 saturated carbocycles. The van der Waals surface area contributed by atoms with Gasteiger partial charge in [-0.25, -0.2) is 0 Å². The number of aromatic hydroxyl groups is 1. The number of fused-ring (bicyclic) bond motifs is 4. The minimum absolute atomic E-state index is 0.169. The molecule has 1 aliphatic heterocycles. The number of amides is 1. The Balaban J connectivity index is 0.000000213. The molecule has 160 valence electrons. The number of carbonyl (C=O) groups excluding carboxylic acids is 2. The lowest BCUT2D eigenvalue weighted by Gasteiger charge is -2.48. The van der Waals surface area contributed by atoms with Crippen molar-refractivity contribution in [3.8, 4) is 5.75 Å². The molecule has 1 aromatic rings. The normalized spacial score (nSPS) is 25.6. The van der Waals surface area contributed by atoms with Crippen molar-refractivity contribution < 1.29 is 35.0 Å². The van der Waals surface area contributed by atoms with Crippen LogP contribution in [0, 0.1) is 5.92 Å². The van der Waals surface area contributed by atoms with E-state index in [4.69, 9.17) is 5.11 Å². The SMILES string of the molecule is CC(=O)N[C@@H](CCC(=O)O)C(=O)[O-].C[C@@H]1[C@@H]2Cc3cc(O)ccc3[C@@]1(C)CC[NH2+]2. The van der Waals surface area contributed by atoms with E-state index in [0.29, 0.717) is 17.2 Å². The van der Waals surface area contributed by atoms with Gasteiger partial charge in [0.2, 0.25) is 5.91 Å². The van der Waals surface area contributed by atoms with Crippen LogP contribution < -0.4 is 15.7 Å². The molecule has 1 aromatic carbocycles. The van der Waals surface area contributed by atoms with Crippen LogP contribution in [0.25, 0.3) is 0 Å². The van der Waals surface area contributed by atoms with Gasteiger partial charge in [0.05, 0.1) is 24.6 Å². The van der Waals surface area contributed by atoms with E-state index >= 15 is 0 Å². The zero-order valence-corrected chi connectivity index (χ0v) is 17.1. The van der Waals surface area contributed by atoms with Crippen LogP contribution in [-0.4, -0.2) is 46.7 Å². The molecule has 1 saturated heterocycles. The predicted molar refractivity (Wildman–Crippen MR) is 103 cm³/mol. The van der Waals surface area contributed by atoms with Crippen LogP contribution in [0.1, 0.15) is 51.2 Å². The highest BCUT2D eigenvalue weighted by Gasteiger charge is 2.47. The third-order valence-corrected chi connectivity index (χ3v) is 6.25. The van der Waals surface area contributed by atoms with Gasteiger partial charge in [0.25, 0.3) is 0 Å². The maximum absolute atomic E-state index is 10.5. The van der Waals surface area contributed by atoms with Gasteiger partial charge in [-0.05, 0) is 29.7 Å². The fourth-order valence-corrected chi connectivity index (χ4v) is 4.46. The van der Waals surface area contributed by atoms with Gasteiger partial charge >= 0.3 is 5.97 Å². The highest BCUT2D eigenvalue weighted by Crippen LogP contribution is 2.44. The molecule has 0 radical (unpaired) electrons. The maximum atomic E-state index is 10.5. The van der Waals surface area contributed by atoms with Crippen molar-refractivity contribution in [1.29, 1.82) is 0 Å². The lowest BCUT2D eigenvalue weighted by Crippen LogP contribution is -2.96. The largest absolute Gasteiger partial charge is 0.548 e. The van der Waals surface area contributed by atoms with Gasteiger partial charge in [-0.3, -0.25) is 9.59 Å². The van der Waals surface area contributed by atoms with Gasteiger partial charge in [0.1, 0.15) is 5.75 Å². The molecule has 1 heterocycles. The van der Waals surface area contributed by atoms with Crippen molar-refractivity contribution in [2.24, 2.45) is 5.92 Å². The number of benzene rings is 1. The van der Waals surface area contributed by atoms with Crippen LogP contribution in [0.15, 0.2) is 18.2 Å². The lowest BCUT2D eigenvalue weighted by atomic mass is 9.59. The third kappa shape index (κ3) is 5.47. The van der Waals surface area contributed by atoms with Crippen molar-refractivity contribution in [2.75, 3.05) is 6.54 Å². The Morgan fingerprint density at radius 3 is 2.66 bits per heavy atom. The third-order valence-electron chi connectivity index (χ3n) is 6.25. The van der Waals surface area contributed by atoms with E-state index in [1.807, 2.05) is 12.1 Å². The van der Waals surface area contributed by atoms with Gasteiger partial charge in [0.15, 0.2) is 0 Å². The van der Waals surface area contributed by atoms with Crippen molar-refractivity contribution in [2.45, 2.75) is 64.0 Å². The van der Waals surface area contributed by atoms with Gasteiger partial charge in [-0.1, -0.05) is 19.9 Å². The molecule has 2 bridgehead atoms. The number of hydrogen-bond acceptors (Lipinski definition) is 5. The Bertz CT molecular complexity index is 780. The van der Waals surface area contributed by atoms with Crippen molar-refractivity contribution in [3.05, 3.63) is 29.3 Å². The van der Waals surface area contributed by atoms with Gasteiger partial charge < -0.3 is 30.7 Å². The van der Waals surface area contributed by atoms with Crippen LogP contribution in [0.3, 0.4) is 0 Å². The molecule has 1 amide bonds. The lowest BCUT2D eigenvalue weighted by molar-refractivity contribution is -0.709. The molecular formula is C21H30N2O6. The Morgan fingerprint density at radius 1 is 1.38 bits per heavy atom. The van der Waals surface area contributed by atoms with Crippen LogP contribution in [0.5, 0.6) is 5.75 Å². The van der Waals surface area contributed by atoms with Gasteiger partial charge in [-0.2, -0.15) is 0 Å². The minimum Gasteiger partial charge on any atom is -0.548 e. The standard InChI is InChI=1S/C14H19NO.C7H11NO5/c1-9-13-8-10-7-11(16)3-4-12(10)14(9,2)5-6-15-13;1-4(9)8-5(7(12)13)2-3-6(10)11/h3-4,7,9,13,15-16H,5-6,8H2,1-2H3;5H,2-3H2,1H3,(H,8,9)(H,10,11)(H,12,13)/t9-,13+,14+;5-/m10/s1. The van der Waals surface area contributed by atoms with Crippen molar-refractivity contribution in [3.63, 3.8) is 0 Å². The zero-order valence-electron chi connectivity index (χ0n) is 17.1. The summed E-state index contributed by atoms with van der Waals surface area (Å²) in [5.74, 6) is -1.97. The molecule has 29 heavy (non-hydrogen) atoms. The number of carbonyl (C=O) groups is 3. The molecule has 2 aliphatic rings. The van der Waals surface area contributed by atoms with Crippen molar-refractivity contribution >= 4 is 17.8 Å². The number of phenols is 1. The van der Waals surface area contributed by atoms with Crippen molar-refractivity contribution in [1.82, 2.24) is 5.32 Å². The highest BCUT2D eigenvalue weighted by molar-refractivity contribution is 5.81. The van der Waals surface area contributed by atoms with E-state index in [9.17, 15) is 24.6 Å². The number of hydrogen-bond donors (Lipinski definition) is 4. The second-order valence-corrected chi connectivity index (χ2v) is 8.19. The number of carboxylic acids is 2. The van der Waals surface area contributed by atoms with Crippen LogP contribution in [0.4, 0.5) is 0 Å². The molecule has 1 fully saturated rings. The average Bonchev–Trinajstić information content (AvgIpc) is 2.61. The Labute approximate surface area is 170 Å². The first-order chi connectivity index (χ1) is 13.5. The molecule has 4 atom stereocenters. The molecule has 8 nitrogen and oxygen atoms in total. The van der Waals surface area contributed by atoms with Gasteiger partial charge in [0, 0.05) is 37.5 Å². The molecule has 1 aliphatic carbocycles. The summed E-state index contributed by atoms with van der Waals surface area (Å²) in [4.78, 5) is 30.9. The highest BCUT2D eigenvalue weighted by atomic mass is 16.4. The van der Waals surface area contributed by atoms with E-state index in [-0.39, 0.29) is 12.8 Å². The summed E-state index contributed by atoms with van der Waals surface area (Å²) in [6.45, 7) is 7.17. The summed E-state index contributed by atoms with van der Waals surface area (Å²) < 4.78 is 0. The molecule has 3 rings (SSSR count). The number of nitrogens with one attached hydrogen (secondary N) is 1. The first kappa shape index (κ1) is 22.7. The fraction of sp³-hybridized carbons (Fsp3) is 0.571.